The van der Waals surface area contributed by atoms with E-state index in [2.05, 4.69) is 4.99 Å². The minimum Gasteiger partial charge on any atom is -0.496 e. The van der Waals surface area contributed by atoms with Crippen LogP contribution in [-0.2, 0) is 0 Å². The predicted octanol–water partition coefficient (Wildman–Crippen LogP) is 2.37. The minimum absolute atomic E-state index is 0.130. The summed E-state index contributed by atoms with van der Waals surface area (Å²) in [5.41, 5.74) is 1.51. The van der Waals surface area contributed by atoms with Gasteiger partial charge >= 0.3 is 0 Å². The molecule has 0 spiro atoms. The Balaban J connectivity index is 2.65. The molecule has 1 atom stereocenters. The highest BCUT2D eigenvalue weighted by atomic mass is 19.1. The van der Waals surface area contributed by atoms with Crippen LogP contribution in [-0.4, -0.2) is 19.9 Å². The van der Waals surface area contributed by atoms with Crippen molar-refractivity contribution >= 4 is 6.21 Å². The Bertz CT molecular complexity index is 387. The maximum absolute atomic E-state index is 13.5. The fourth-order valence-corrected chi connectivity index (χ4v) is 1.80. The minimum atomic E-state index is -0.167. The molecule has 0 saturated carbocycles. The molecular weight excluding hydrogens is 181 g/mol. The first-order valence-corrected chi connectivity index (χ1v) is 4.60. The van der Waals surface area contributed by atoms with Gasteiger partial charge in [-0.05, 0) is 12.1 Å². The van der Waals surface area contributed by atoms with Gasteiger partial charge in [-0.15, -0.1) is 0 Å². The van der Waals surface area contributed by atoms with E-state index in [4.69, 9.17) is 4.74 Å². The van der Waals surface area contributed by atoms with Crippen molar-refractivity contribution in [2.24, 2.45) is 4.99 Å². The Kier molecular flexibility index (Phi) is 2.23. The van der Waals surface area contributed by atoms with Gasteiger partial charge in [0.05, 0.1) is 7.11 Å². The molecule has 3 heteroatoms. The van der Waals surface area contributed by atoms with Crippen LogP contribution in [0, 0.1) is 5.82 Å². The fraction of sp³-hybridized carbons (Fsp3) is 0.364. The highest BCUT2D eigenvalue weighted by Crippen LogP contribution is 2.31. The first-order chi connectivity index (χ1) is 6.74. The number of fused-ring (bicyclic) bond motifs is 1. The van der Waals surface area contributed by atoms with Crippen molar-refractivity contribution in [3.8, 4) is 5.75 Å². The van der Waals surface area contributed by atoms with Crippen molar-refractivity contribution in [2.75, 3.05) is 13.7 Å². The molecule has 1 aliphatic heterocycles. The maximum atomic E-state index is 13.5. The molecule has 0 bridgehead atoms. The molecule has 2 nitrogen and oxygen atoms in total. The summed E-state index contributed by atoms with van der Waals surface area (Å²) in [7, 11) is 1.58. The number of rotatable bonds is 1. The SMILES string of the molecule is COc1ccc(F)c2c1C=NCC2C. The summed E-state index contributed by atoms with van der Waals surface area (Å²) in [6, 6.07) is 3.09. The summed E-state index contributed by atoms with van der Waals surface area (Å²) >= 11 is 0. The molecule has 0 saturated heterocycles. The smallest absolute Gasteiger partial charge is 0.128 e. The number of benzene rings is 1. The third kappa shape index (κ3) is 1.29. The van der Waals surface area contributed by atoms with E-state index in [0.29, 0.717) is 12.3 Å². The van der Waals surface area contributed by atoms with E-state index in [1.807, 2.05) is 6.92 Å². The normalized spacial score (nSPS) is 19.2. The summed E-state index contributed by atoms with van der Waals surface area (Å²) < 4.78 is 18.7. The van der Waals surface area contributed by atoms with Crippen LogP contribution in [0.25, 0.3) is 0 Å². The van der Waals surface area contributed by atoms with Gasteiger partial charge in [0.1, 0.15) is 11.6 Å². The van der Waals surface area contributed by atoms with Gasteiger partial charge in [-0.1, -0.05) is 6.92 Å². The number of hydrogen-bond acceptors (Lipinski definition) is 2. The average molecular weight is 193 g/mol. The fourth-order valence-electron chi connectivity index (χ4n) is 1.80. The van der Waals surface area contributed by atoms with Gasteiger partial charge in [0.25, 0.3) is 0 Å². The molecule has 0 aromatic heterocycles. The van der Waals surface area contributed by atoms with E-state index in [1.165, 1.54) is 6.07 Å². The molecule has 0 aliphatic carbocycles. The third-order valence-corrected chi connectivity index (χ3v) is 2.51. The van der Waals surface area contributed by atoms with Gasteiger partial charge in [-0.3, -0.25) is 4.99 Å². The number of hydrogen-bond donors (Lipinski definition) is 0. The van der Waals surface area contributed by atoms with Crippen molar-refractivity contribution in [1.82, 2.24) is 0 Å². The largest absolute Gasteiger partial charge is 0.496 e. The zero-order valence-corrected chi connectivity index (χ0v) is 8.25. The van der Waals surface area contributed by atoms with Crippen molar-refractivity contribution in [2.45, 2.75) is 12.8 Å². The molecular formula is C11H12FNO. The Morgan fingerprint density at radius 1 is 1.50 bits per heavy atom. The Morgan fingerprint density at radius 3 is 3.00 bits per heavy atom. The third-order valence-electron chi connectivity index (χ3n) is 2.51. The molecule has 1 aromatic carbocycles. The second kappa shape index (κ2) is 3.40. The van der Waals surface area contributed by atoms with Gasteiger partial charge in [0, 0.05) is 29.8 Å². The average Bonchev–Trinajstić information content (AvgIpc) is 2.18. The monoisotopic (exact) mass is 193 g/mol. The zero-order chi connectivity index (χ0) is 10.1. The van der Waals surface area contributed by atoms with Gasteiger partial charge in [-0.25, -0.2) is 4.39 Å². The maximum Gasteiger partial charge on any atom is 0.128 e. The molecule has 2 rings (SSSR count). The lowest BCUT2D eigenvalue weighted by atomic mass is 9.93. The molecule has 14 heavy (non-hydrogen) atoms. The highest BCUT2D eigenvalue weighted by molar-refractivity contribution is 5.87. The van der Waals surface area contributed by atoms with Crippen LogP contribution in [0.5, 0.6) is 5.75 Å². The molecule has 0 fully saturated rings. The Hall–Kier alpha value is -1.38. The van der Waals surface area contributed by atoms with E-state index in [0.717, 1.165) is 11.1 Å². The van der Waals surface area contributed by atoms with E-state index in [9.17, 15) is 4.39 Å². The number of nitrogens with zero attached hydrogens (tertiary/aromatic N) is 1. The molecule has 0 amide bonds. The van der Waals surface area contributed by atoms with E-state index in [1.54, 1.807) is 19.4 Å². The number of ether oxygens (including phenoxy) is 1. The zero-order valence-electron chi connectivity index (χ0n) is 8.25. The lowest BCUT2D eigenvalue weighted by Gasteiger charge is -2.19. The van der Waals surface area contributed by atoms with Crippen LogP contribution in [0.3, 0.4) is 0 Å². The lowest BCUT2D eigenvalue weighted by molar-refractivity contribution is 0.411. The van der Waals surface area contributed by atoms with Crippen molar-refractivity contribution < 1.29 is 9.13 Å². The topological polar surface area (TPSA) is 21.6 Å². The molecule has 74 valence electrons. The lowest BCUT2D eigenvalue weighted by Crippen LogP contribution is -2.11. The van der Waals surface area contributed by atoms with Crippen LogP contribution in [0.2, 0.25) is 0 Å². The second-order valence-corrected chi connectivity index (χ2v) is 3.47. The van der Waals surface area contributed by atoms with Crippen LogP contribution in [0.15, 0.2) is 17.1 Å². The van der Waals surface area contributed by atoms with Crippen LogP contribution in [0.1, 0.15) is 24.0 Å². The van der Waals surface area contributed by atoms with Crippen molar-refractivity contribution in [3.63, 3.8) is 0 Å². The number of halogens is 1. The first kappa shape index (κ1) is 9.19. The molecule has 1 aromatic rings. The molecule has 0 radical (unpaired) electrons. The predicted molar refractivity (Wildman–Crippen MR) is 53.8 cm³/mol. The first-order valence-electron chi connectivity index (χ1n) is 4.60. The van der Waals surface area contributed by atoms with Crippen molar-refractivity contribution in [3.05, 3.63) is 29.1 Å². The summed E-state index contributed by atoms with van der Waals surface area (Å²) in [6.07, 6.45) is 1.69. The van der Waals surface area contributed by atoms with Crippen molar-refractivity contribution in [1.29, 1.82) is 0 Å². The van der Waals surface area contributed by atoms with Gasteiger partial charge in [0.2, 0.25) is 0 Å². The Labute approximate surface area is 82.4 Å². The highest BCUT2D eigenvalue weighted by Gasteiger charge is 2.20. The number of methoxy groups -OCH3 is 1. The van der Waals surface area contributed by atoms with Crippen LogP contribution in [0.4, 0.5) is 4.39 Å². The molecule has 0 N–H and O–H groups in total. The quantitative estimate of drug-likeness (QED) is 0.671. The van der Waals surface area contributed by atoms with Gasteiger partial charge in [0.15, 0.2) is 0 Å². The standard InChI is InChI=1S/C11H12FNO/c1-7-5-13-6-8-10(14-2)4-3-9(12)11(7)8/h3-4,6-7H,5H2,1-2H3. The van der Waals surface area contributed by atoms with E-state index < -0.39 is 0 Å². The molecule has 1 heterocycles. The Morgan fingerprint density at radius 2 is 2.29 bits per heavy atom. The summed E-state index contributed by atoms with van der Waals surface area (Å²) in [6.45, 7) is 2.62. The van der Waals surface area contributed by atoms with Crippen LogP contribution >= 0.6 is 0 Å². The van der Waals surface area contributed by atoms with Gasteiger partial charge in [-0.2, -0.15) is 0 Å². The van der Waals surface area contributed by atoms with Gasteiger partial charge < -0.3 is 4.74 Å². The summed E-state index contributed by atoms with van der Waals surface area (Å²) in [4.78, 5) is 4.18. The molecule has 1 aliphatic rings. The number of aliphatic imine (C=N–C) groups is 1. The van der Waals surface area contributed by atoms with E-state index >= 15 is 0 Å². The second-order valence-electron chi connectivity index (χ2n) is 3.47. The molecule has 1 unspecified atom stereocenters. The summed E-state index contributed by atoms with van der Waals surface area (Å²) in [5.74, 6) is 0.654. The van der Waals surface area contributed by atoms with E-state index in [-0.39, 0.29) is 11.7 Å². The summed E-state index contributed by atoms with van der Waals surface area (Å²) in [5, 5.41) is 0. The van der Waals surface area contributed by atoms with Crippen LogP contribution < -0.4 is 4.74 Å².